The van der Waals surface area contributed by atoms with Gasteiger partial charge in [0.05, 0.1) is 11.0 Å². The maximum atomic E-state index is 2.40. The van der Waals surface area contributed by atoms with E-state index in [0.717, 1.165) is 22.7 Å². The topological polar surface area (TPSA) is 8.17 Å². The van der Waals surface area contributed by atoms with Crippen LogP contribution in [0.2, 0.25) is 0 Å². The van der Waals surface area contributed by atoms with Crippen molar-refractivity contribution in [3.63, 3.8) is 0 Å². The number of hydrogen-bond donors (Lipinski definition) is 0. The van der Waals surface area contributed by atoms with Crippen molar-refractivity contribution in [2.75, 3.05) is 4.90 Å². The zero-order chi connectivity index (χ0) is 34.6. The molecule has 0 aliphatic heterocycles. The van der Waals surface area contributed by atoms with Gasteiger partial charge in [-0.05, 0) is 95.4 Å². The third kappa shape index (κ3) is 5.16. The number of allylic oxidation sites excluding steroid dienone is 4. The summed E-state index contributed by atoms with van der Waals surface area (Å²) in [5.74, 6) is 0.844. The van der Waals surface area contributed by atoms with Gasteiger partial charge in [-0.3, -0.25) is 0 Å². The van der Waals surface area contributed by atoms with Gasteiger partial charge in [0.1, 0.15) is 0 Å². The van der Waals surface area contributed by atoms with E-state index >= 15 is 0 Å². The predicted molar refractivity (Wildman–Crippen MR) is 224 cm³/mol. The summed E-state index contributed by atoms with van der Waals surface area (Å²) in [6, 6.07) is 60.2. The van der Waals surface area contributed by atoms with Crippen LogP contribution in [0.1, 0.15) is 18.4 Å². The van der Waals surface area contributed by atoms with Gasteiger partial charge >= 0.3 is 0 Å². The molecule has 0 spiro atoms. The van der Waals surface area contributed by atoms with Crippen molar-refractivity contribution in [2.45, 2.75) is 12.8 Å². The molecular weight excluding hydrogens is 649 g/mol. The fourth-order valence-electron chi connectivity index (χ4n) is 8.11. The summed E-state index contributed by atoms with van der Waals surface area (Å²) in [7, 11) is 0. The Kier molecular flexibility index (Phi) is 7.40. The number of para-hydroxylation sites is 2. The second kappa shape index (κ2) is 12.6. The third-order valence-corrected chi connectivity index (χ3v) is 11.9. The Bertz CT molecular complexity index is 2760. The average molecular weight is 685 g/mol. The standard InChI is InChI=1S/C49H36N2S/c1-33-11-2-3-14-41(33)35-23-28-38(29-24-35)50(37-26-21-34(22-27-37)36-25-30-49-45(31-36)44-17-6-9-20-48(44)52-49)39-12-10-13-40(32-39)51-46-18-7-4-15-42(46)43-16-5-8-19-47(43)51/h2-33,41H,1H3. The highest BCUT2D eigenvalue weighted by atomic mass is 32.1. The summed E-state index contributed by atoms with van der Waals surface area (Å²) in [4.78, 5) is 2.39. The summed E-state index contributed by atoms with van der Waals surface area (Å²) in [5, 5.41) is 5.18. The molecule has 0 bridgehead atoms. The Morgan fingerprint density at radius 3 is 1.83 bits per heavy atom. The SMILES string of the molecule is CC1C=CC=CC1c1ccc(N(c2ccc(-c3ccc4sc5ccccc5c4c3)cc2)c2cccc(-n3c4ccccc4c4ccccc43)c2)cc1. The largest absolute Gasteiger partial charge is 0.310 e. The van der Waals surface area contributed by atoms with Gasteiger partial charge in [-0.15, -0.1) is 11.3 Å². The van der Waals surface area contributed by atoms with E-state index in [-0.39, 0.29) is 0 Å². The van der Waals surface area contributed by atoms with Gasteiger partial charge in [-0.25, -0.2) is 0 Å². The van der Waals surface area contributed by atoms with Gasteiger partial charge in [-0.2, -0.15) is 0 Å². The first-order chi connectivity index (χ1) is 25.7. The number of aromatic nitrogens is 1. The molecule has 0 radical (unpaired) electrons. The number of nitrogens with zero attached hydrogens (tertiary/aromatic N) is 2. The highest BCUT2D eigenvalue weighted by molar-refractivity contribution is 7.25. The van der Waals surface area contributed by atoms with Crippen molar-refractivity contribution in [3.8, 4) is 16.8 Å². The van der Waals surface area contributed by atoms with Crippen molar-refractivity contribution < 1.29 is 0 Å². The summed E-state index contributed by atoms with van der Waals surface area (Å²) < 4.78 is 5.06. The molecule has 7 aromatic carbocycles. The minimum Gasteiger partial charge on any atom is -0.310 e. The molecular formula is C49H36N2S. The van der Waals surface area contributed by atoms with E-state index in [0.29, 0.717) is 11.8 Å². The van der Waals surface area contributed by atoms with Gasteiger partial charge in [0, 0.05) is 59.6 Å². The van der Waals surface area contributed by atoms with Crippen LogP contribution in [0.25, 0.3) is 58.8 Å². The number of benzene rings is 7. The zero-order valence-corrected chi connectivity index (χ0v) is 29.7. The number of hydrogen-bond acceptors (Lipinski definition) is 2. The molecule has 9 aromatic rings. The number of fused-ring (bicyclic) bond motifs is 6. The second-order valence-electron chi connectivity index (χ2n) is 13.8. The molecule has 3 heteroatoms. The van der Waals surface area contributed by atoms with E-state index in [1.165, 1.54) is 58.7 Å². The lowest BCUT2D eigenvalue weighted by Gasteiger charge is -2.27. The first-order valence-corrected chi connectivity index (χ1v) is 18.9. The van der Waals surface area contributed by atoms with E-state index in [4.69, 9.17) is 0 Å². The molecule has 1 aliphatic carbocycles. The second-order valence-corrected chi connectivity index (χ2v) is 14.9. The molecule has 2 atom stereocenters. The van der Waals surface area contributed by atoms with Gasteiger partial charge < -0.3 is 9.47 Å². The number of anilines is 3. The Balaban J connectivity index is 1.08. The zero-order valence-electron chi connectivity index (χ0n) is 28.9. The van der Waals surface area contributed by atoms with Crippen molar-refractivity contribution in [3.05, 3.63) is 194 Å². The van der Waals surface area contributed by atoms with Crippen molar-refractivity contribution in [1.82, 2.24) is 4.57 Å². The maximum Gasteiger partial charge on any atom is 0.0541 e. The van der Waals surface area contributed by atoms with Gasteiger partial charge in [0.2, 0.25) is 0 Å². The lowest BCUT2D eigenvalue weighted by Crippen LogP contribution is -2.11. The summed E-state index contributed by atoms with van der Waals surface area (Å²) in [6.45, 7) is 2.30. The normalized spacial score (nSPS) is 15.6. The Morgan fingerprint density at radius 1 is 0.481 bits per heavy atom. The van der Waals surface area contributed by atoms with Gasteiger partial charge in [0.15, 0.2) is 0 Å². The van der Waals surface area contributed by atoms with Crippen LogP contribution in [-0.2, 0) is 0 Å². The van der Waals surface area contributed by atoms with Crippen LogP contribution in [-0.4, -0.2) is 4.57 Å². The van der Waals surface area contributed by atoms with Crippen molar-refractivity contribution in [1.29, 1.82) is 0 Å². The fraction of sp³-hybridized carbons (Fsp3) is 0.0612. The smallest absolute Gasteiger partial charge is 0.0541 e. The van der Waals surface area contributed by atoms with Gasteiger partial charge in [-0.1, -0.05) is 122 Å². The van der Waals surface area contributed by atoms with E-state index < -0.39 is 0 Å². The van der Waals surface area contributed by atoms with Crippen LogP contribution < -0.4 is 4.90 Å². The van der Waals surface area contributed by atoms with E-state index in [2.05, 4.69) is 204 Å². The molecule has 2 aromatic heterocycles. The summed E-state index contributed by atoms with van der Waals surface area (Å²) in [6.07, 6.45) is 8.95. The van der Waals surface area contributed by atoms with Crippen LogP contribution in [0.3, 0.4) is 0 Å². The number of thiophene rings is 1. The van der Waals surface area contributed by atoms with Crippen molar-refractivity contribution >= 4 is 70.4 Å². The minimum atomic E-state index is 0.378. The maximum absolute atomic E-state index is 2.40. The molecule has 248 valence electrons. The predicted octanol–water partition coefficient (Wildman–Crippen LogP) is 14.1. The fourth-order valence-corrected chi connectivity index (χ4v) is 9.19. The van der Waals surface area contributed by atoms with E-state index in [1.807, 2.05) is 11.3 Å². The number of rotatable bonds is 6. The molecule has 0 amide bonds. The molecule has 0 N–H and O–H groups in total. The molecule has 52 heavy (non-hydrogen) atoms. The summed E-state index contributed by atoms with van der Waals surface area (Å²) >= 11 is 1.86. The quantitative estimate of drug-likeness (QED) is 0.169. The van der Waals surface area contributed by atoms with Gasteiger partial charge in [0.25, 0.3) is 0 Å². The molecule has 1 aliphatic rings. The van der Waals surface area contributed by atoms with Crippen LogP contribution in [0, 0.1) is 5.92 Å². The molecule has 0 fully saturated rings. The molecule has 2 unspecified atom stereocenters. The average Bonchev–Trinajstić information content (AvgIpc) is 3.75. The molecule has 0 saturated carbocycles. The molecule has 0 saturated heterocycles. The van der Waals surface area contributed by atoms with E-state index in [9.17, 15) is 0 Å². The van der Waals surface area contributed by atoms with Crippen LogP contribution in [0.4, 0.5) is 17.1 Å². The van der Waals surface area contributed by atoms with Crippen molar-refractivity contribution in [2.24, 2.45) is 5.92 Å². The Morgan fingerprint density at radius 2 is 1.10 bits per heavy atom. The Hall–Kier alpha value is -6.16. The lowest BCUT2D eigenvalue weighted by atomic mass is 9.84. The first kappa shape index (κ1) is 30.6. The molecule has 10 rings (SSSR count). The summed E-state index contributed by atoms with van der Waals surface area (Å²) in [5.41, 5.74) is 10.7. The Labute approximate surface area is 307 Å². The highest BCUT2D eigenvalue weighted by Crippen LogP contribution is 2.41. The van der Waals surface area contributed by atoms with E-state index in [1.54, 1.807) is 0 Å². The van der Waals surface area contributed by atoms with Crippen LogP contribution in [0.5, 0.6) is 0 Å². The highest BCUT2D eigenvalue weighted by Gasteiger charge is 2.19. The monoisotopic (exact) mass is 684 g/mol. The first-order valence-electron chi connectivity index (χ1n) is 18.1. The third-order valence-electron chi connectivity index (χ3n) is 10.7. The minimum absolute atomic E-state index is 0.378. The van der Waals surface area contributed by atoms with Crippen LogP contribution in [0.15, 0.2) is 188 Å². The molecule has 2 nitrogen and oxygen atoms in total. The lowest BCUT2D eigenvalue weighted by molar-refractivity contribution is 0.635. The van der Waals surface area contributed by atoms with Crippen LogP contribution >= 0.6 is 11.3 Å². The molecule has 2 heterocycles.